The molecule has 1 atom stereocenters. The number of amides is 1. The topological polar surface area (TPSA) is 66.8 Å². The summed E-state index contributed by atoms with van der Waals surface area (Å²) in [6, 6.07) is 14.0. The number of Topliss-reactive ketones (excluding diaryl/α,β-unsaturated/α-hetero) is 1. The first kappa shape index (κ1) is 21.6. The molecule has 1 saturated heterocycles. The van der Waals surface area contributed by atoms with Crippen LogP contribution in [0.4, 0.5) is 0 Å². The van der Waals surface area contributed by atoms with Gasteiger partial charge in [0.25, 0.3) is 11.7 Å². The first-order valence-electron chi connectivity index (χ1n) is 10.6. The fourth-order valence-corrected chi connectivity index (χ4v) is 3.89. The maximum atomic E-state index is 13.0. The van der Waals surface area contributed by atoms with Gasteiger partial charge >= 0.3 is 0 Å². The molecule has 2 aromatic rings. The van der Waals surface area contributed by atoms with Crippen molar-refractivity contribution in [3.8, 4) is 5.75 Å². The Morgan fingerprint density at radius 2 is 1.73 bits per heavy atom. The second kappa shape index (κ2) is 9.61. The Kier molecular flexibility index (Phi) is 6.93. The second-order valence-electron chi connectivity index (χ2n) is 7.51. The van der Waals surface area contributed by atoms with Crippen LogP contribution in [-0.4, -0.2) is 34.8 Å². The van der Waals surface area contributed by atoms with E-state index >= 15 is 0 Å². The Balaban J connectivity index is 2.09. The molecular formula is C25H29NO4. The lowest BCUT2D eigenvalue weighted by atomic mass is 9.92. The van der Waals surface area contributed by atoms with Crippen molar-refractivity contribution in [2.24, 2.45) is 0 Å². The monoisotopic (exact) mass is 407 g/mol. The molecule has 5 heteroatoms. The van der Waals surface area contributed by atoms with Crippen LogP contribution < -0.4 is 4.74 Å². The number of carbonyl (C=O) groups is 2. The van der Waals surface area contributed by atoms with E-state index in [-0.39, 0.29) is 11.3 Å². The van der Waals surface area contributed by atoms with Gasteiger partial charge in [0.1, 0.15) is 11.5 Å². The molecule has 0 aliphatic carbocycles. The van der Waals surface area contributed by atoms with E-state index in [1.807, 2.05) is 38.1 Å². The number of benzene rings is 2. The molecule has 1 amide bonds. The van der Waals surface area contributed by atoms with Crippen LogP contribution in [0.2, 0.25) is 0 Å². The molecule has 0 spiro atoms. The minimum atomic E-state index is -0.633. The van der Waals surface area contributed by atoms with Crippen molar-refractivity contribution in [1.29, 1.82) is 0 Å². The molecule has 158 valence electrons. The summed E-state index contributed by atoms with van der Waals surface area (Å²) < 4.78 is 5.46. The number of nitrogens with zero attached hydrogens (tertiary/aromatic N) is 1. The highest BCUT2D eigenvalue weighted by atomic mass is 16.5. The van der Waals surface area contributed by atoms with Gasteiger partial charge in [-0.05, 0) is 55.7 Å². The fraction of sp³-hybridized carbons (Fsp3) is 0.360. The molecule has 0 radical (unpaired) electrons. The summed E-state index contributed by atoms with van der Waals surface area (Å²) in [4.78, 5) is 27.5. The first-order chi connectivity index (χ1) is 14.5. The summed E-state index contributed by atoms with van der Waals surface area (Å²) in [6.07, 6.45) is 2.81. The molecule has 5 nitrogen and oxygen atoms in total. The van der Waals surface area contributed by atoms with Crippen LogP contribution in [-0.2, 0) is 9.59 Å². The number of rotatable bonds is 8. The van der Waals surface area contributed by atoms with Gasteiger partial charge in [-0.1, -0.05) is 44.0 Å². The van der Waals surface area contributed by atoms with Crippen LogP contribution >= 0.6 is 0 Å². The van der Waals surface area contributed by atoms with E-state index in [2.05, 4.69) is 6.92 Å². The fourth-order valence-electron chi connectivity index (χ4n) is 3.89. The second-order valence-corrected chi connectivity index (χ2v) is 7.51. The maximum absolute atomic E-state index is 13.0. The Bertz CT molecular complexity index is 946. The molecule has 1 fully saturated rings. The van der Waals surface area contributed by atoms with Gasteiger partial charge in [0.15, 0.2) is 0 Å². The number of ether oxygens (including phenoxy) is 1. The number of carbonyl (C=O) groups excluding carboxylic acids is 2. The summed E-state index contributed by atoms with van der Waals surface area (Å²) in [5.41, 5.74) is 2.47. The molecule has 30 heavy (non-hydrogen) atoms. The van der Waals surface area contributed by atoms with E-state index in [4.69, 9.17) is 4.74 Å². The molecule has 1 aliphatic heterocycles. The van der Waals surface area contributed by atoms with Crippen LogP contribution in [0, 0.1) is 6.92 Å². The lowest BCUT2D eigenvalue weighted by Gasteiger charge is -2.26. The molecule has 1 aliphatic rings. The smallest absolute Gasteiger partial charge is 0.295 e. The lowest BCUT2D eigenvalue weighted by Crippen LogP contribution is -2.31. The quantitative estimate of drug-likeness (QED) is 0.289. The number of hydrogen-bond donors (Lipinski definition) is 1. The maximum Gasteiger partial charge on any atom is 0.295 e. The number of aryl methyl sites for hydroxylation is 1. The van der Waals surface area contributed by atoms with E-state index in [1.54, 1.807) is 29.2 Å². The summed E-state index contributed by atoms with van der Waals surface area (Å²) >= 11 is 0. The number of aliphatic hydroxyl groups excluding tert-OH is 1. The third-order valence-corrected chi connectivity index (χ3v) is 5.46. The van der Waals surface area contributed by atoms with Crippen molar-refractivity contribution in [3.05, 3.63) is 70.8 Å². The van der Waals surface area contributed by atoms with Crippen molar-refractivity contribution >= 4 is 17.4 Å². The van der Waals surface area contributed by atoms with Crippen LogP contribution in [0.1, 0.15) is 55.8 Å². The van der Waals surface area contributed by atoms with Crippen LogP contribution in [0.3, 0.4) is 0 Å². The van der Waals surface area contributed by atoms with Crippen molar-refractivity contribution in [2.75, 3.05) is 13.2 Å². The molecular weight excluding hydrogens is 378 g/mol. The van der Waals surface area contributed by atoms with Gasteiger partial charge in [0, 0.05) is 12.1 Å². The highest BCUT2D eigenvalue weighted by molar-refractivity contribution is 6.46. The third kappa shape index (κ3) is 4.25. The third-order valence-electron chi connectivity index (χ3n) is 5.46. The minimum absolute atomic E-state index is 0.148. The Morgan fingerprint density at radius 1 is 1.03 bits per heavy atom. The van der Waals surface area contributed by atoms with Crippen molar-refractivity contribution in [1.82, 2.24) is 4.90 Å². The number of aliphatic hydroxyl groups is 1. The lowest BCUT2D eigenvalue weighted by molar-refractivity contribution is -0.139. The summed E-state index contributed by atoms with van der Waals surface area (Å²) in [7, 11) is 0. The zero-order chi connectivity index (χ0) is 21.7. The summed E-state index contributed by atoms with van der Waals surface area (Å²) in [5.74, 6) is -0.648. The highest BCUT2D eigenvalue weighted by Crippen LogP contribution is 2.40. The molecule has 0 saturated carbocycles. The van der Waals surface area contributed by atoms with E-state index in [1.165, 1.54) is 0 Å². The van der Waals surface area contributed by atoms with Gasteiger partial charge in [-0.25, -0.2) is 0 Å². The van der Waals surface area contributed by atoms with Gasteiger partial charge in [-0.15, -0.1) is 0 Å². The first-order valence-corrected chi connectivity index (χ1v) is 10.6. The van der Waals surface area contributed by atoms with Crippen LogP contribution in [0.25, 0.3) is 5.76 Å². The van der Waals surface area contributed by atoms with E-state index < -0.39 is 17.7 Å². The average molecular weight is 408 g/mol. The predicted molar refractivity (Wildman–Crippen MR) is 117 cm³/mol. The zero-order valence-electron chi connectivity index (χ0n) is 17.9. The molecule has 1 unspecified atom stereocenters. The van der Waals surface area contributed by atoms with Gasteiger partial charge in [-0.2, -0.15) is 0 Å². The van der Waals surface area contributed by atoms with Gasteiger partial charge in [-0.3, -0.25) is 9.59 Å². The molecule has 0 bridgehead atoms. The number of hydrogen-bond acceptors (Lipinski definition) is 4. The number of likely N-dealkylation sites (tertiary alicyclic amines) is 1. The molecule has 1 N–H and O–H groups in total. The van der Waals surface area contributed by atoms with Crippen LogP contribution in [0.5, 0.6) is 5.75 Å². The molecule has 0 aromatic heterocycles. The summed E-state index contributed by atoms with van der Waals surface area (Å²) in [6.45, 7) is 6.98. The molecule has 3 rings (SSSR count). The largest absolute Gasteiger partial charge is 0.507 e. The Morgan fingerprint density at radius 3 is 2.37 bits per heavy atom. The van der Waals surface area contributed by atoms with Gasteiger partial charge < -0.3 is 14.7 Å². The Hall–Kier alpha value is -3.08. The van der Waals surface area contributed by atoms with Crippen molar-refractivity contribution < 1.29 is 19.4 Å². The van der Waals surface area contributed by atoms with Crippen molar-refractivity contribution in [3.63, 3.8) is 0 Å². The average Bonchev–Trinajstić information content (AvgIpc) is 2.99. The van der Waals surface area contributed by atoms with Gasteiger partial charge in [0.05, 0.1) is 18.2 Å². The van der Waals surface area contributed by atoms with E-state index in [0.29, 0.717) is 24.5 Å². The molecule has 1 heterocycles. The normalized spacial score (nSPS) is 18.1. The predicted octanol–water partition coefficient (Wildman–Crippen LogP) is 5.01. The number of unbranched alkanes of at least 4 members (excludes halogenated alkanes) is 2. The minimum Gasteiger partial charge on any atom is -0.507 e. The van der Waals surface area contributed by atoms with E-state index in [0.717, 1.165) is 30.4 Å². The highest BCUT2D eigenvalue weighted by Gasteiger charge is 2.46. The summed E-state index contributed by atoms with van der Waals surface area (Å²) in [5, 5.41) is 11.1. The van der Waals surface area contributed by atoms with Crippen LogP contribution in [0.15, 0.2) is 54.1 Å². The Labute approximate surface area is 178 Å². The number of ketones is 1. The SMILES string of the molecule is CCCCCN1C(=O)C(=O)/C(=C(\O)c2ccc(OCC)cc2)C1c1ccccc1C. The molecule has 2 aromatic carbocycles. The van der Waals surface area contributed by atoms with Gasteiger partial charge in [0.2, 0.25) is 0 Å². The van der Waals surface area contributed by atoms with E-state index in [9.17, 15) is 14.7 Å². The zero-order valence-corrected chi connectivity index (χ0v) is 17.9. The standard InChI is InChI=1S/C25H29NO4/c1-4-6-9-16-26-22(20-11-8-7-10-17(20)3)21(24(28)25(26)29)23(27)18-12-14-19(15-13-18)30-5-2/h7-8,10-15,22,27H,4-6,9,16H2,1-3H3/b23-21-. The van der Waals surface area contributed by atoms with Crippen molar-refractivity contribution in [2.45, 2.75) is 46.1 Å².